The number of fused-ring (bicyclic) bond motifs is 1. The maximum Gasteiger partial charge on any atom is 0.311 e. The van der Waals surface area contributed by atoms with Gasteiger partial charge in [-0.05, 0) is 24.6 Å². The minimum Gasteiger partial charge on any atom is -0.508 e. The normalized spacial score (nSPS) is 10.6. The molecule has 0 bridgehead atoms. The van der Waals surface area contributed by atoms with E-state index in [0.29, 0.717) is 27.8 Å². The number of hydrogen-bond acceptors (Lipinski definition) is 8. The van der Waals surface area contributed by atoms with E-state index in [2.05, 4.69) is 5.32 Å². The first-order valence-electron chi connectivity index (χ1n) is 8.76. The smallest absolute Gasteiger partial charge is 0.311 e. The zero-order valence-corrected chi connectivity index (χ0v) is 16.1. The lowest BCUT2D eigenvalue weighted by Crippen LogP contribution is -2.22. The van der Waals surface area contributed by atoms with Gasteiger partial charge in [0, 0.05) is 34.8 Å². The van der Waals surface area contributed by atoms with Gasteiger partial charge in [0.2, 0.25) is 0 Å². The molecule has 0 saturated heterocycles. The summed E-state index contributed by atoms with van der Waals surface area (Å²) in [5, 5.41) is 23.7. The Bertz CT molecular complexity index is 1140. The molecule has 0 fully saturated rings. The lowest BCUT2D eigenvalue weighted by Gasteiger charge is -2.11. The Morgan fingerprint density at radius 1 is 1.27 bits per heavy atom. The van der Waals surface area contributed by atoms with Gasteiger partial charge in [-0.15, -0.1) is 0 Å². The average molecular weight is 414 g/mol. The molecular weight excluding hydrogens is 396 g/mol. The molecule has 30 heavy (non-hydrogen) atoms. The van der Waals surface area contributed by atoms with Crippen LogP contribution in [0.1, 0.15) is 11.1 Å². The van der Waals surface area contributed by atoms with Gasteiger partial charge in [0.25, 0.3) is 5.91 Å². The van der Waals surface area contributed by atoms with Crippen molar-refractivity contribution < 1.29 is 33.5 Å². The van der Waals surface area contributed by atoms with Crippen LogP contribution in [0, 0.1) is 17.0 Å². The van der Waals surface area contributed by atoms with Gasteiger partial charge in [0.1, 0.15) is 11.3 Å². The minimum atomic E-state index is -0.640. The highest BCUT2D eigenvalue weighted by Crippen LogP contribution is 2.32. The SMILES string of the molecule is COc1cc(NC(=O)COC(=O)Cc2coc3cc(O)ccc23)c(C)cc1[N+](=O)[O-]. The van der Waals surface area contributed by atoms with E-state index in [1.165, 1.54) is 37.6 Å². The van der Waals surface area contributed by atoms with Gasteiger partial charge in [-0.2, -0.15) is 0 Å². The van der Waals surface area contributed by atoms with Crippen LogP contribution in [-0.4, -0.2) is 35.6 Å². The maximum atomic E-state index is 12.1. The number of hydrogen-bond donors (Lipinski definition) is 2. The Balaban J connectivity index is 1.60. The standard InChI is InChI=1S/C20H18N2O8/c1-11-5-16(22(26)27)18(28-2)8-15(11)21-19(24)10-30-20(25)6-12-9-29-17-7-13(23)3-4-14(12)17/h3-5,7-9,23H,6,10H2,1-2H3,(H,21,24). The largest absolute Gasteiger partial charge is 0.508 e. The Morgan fingerprint density at radius 3 is 2.73 bits per heavy atom. The van der Waals surface area contributed by atoms with Gasteiger partial charge in [0.05, 0.1) is 24.7 Å². The Labute approximate surface area is 170 Å². The molecule has 0 aliphatic heterocycles. The quantitative estimate of drug-likeness (QED) is 0.341. The van der Waals surface area contributed by atoms with Crippen LogP contribution < -0.4 is 10.1 Å². The lowest BCUT2D eigenvalue weighted by atomic mass is 10.1. The summed E-state index contributed by atoms with van der Waals surface area (Å²) >= 11 is 0. The highest BCUT2D eigenvalue weighted by molar-refractivity contribution is 5.94. The van der Waals surface area contributed by atoms with Crippen molar-refractivity contribution in [3.8, 4) is 11.5 Å². The highest BCUT2D eigenvalue weighted by Gasteiger charge is 2.19. The third kappa shape index (κ3) is 4.49. The molecule has 0 atom stereocenters. The molecule has 2 aromatic carbocycles. The third-order valence-electron chi connectivity index (χ3n) is 4.33. The van der Waals surface area contributed by atoms with Gasteiger partial charge >= 0.3 is 11.7 Å². The number of methoxy groups -OCH3 is 1. The van der Waals surface area contributed by atoms with E-state index in [1.54, 1.807) is 13.0 Å². The number of rotatable bonds is 7. The first kappa shape index (κ1) is 20.6. The summed E-state index contributed by atoms with van der Waals surface area (Å²) in [7, 11) is 1.28. The van der Waals surface area contributed by atoms with Crippen LogP contribution in [0.15, 0.2) is 41.0 Å². The molecule has 10 heteroatoms. The van der Waals surface area contributed by atoms with Crippen molar-refractivity contribution in [3.63, 3.8) is 0 Å². The number of nitrogens with one attached hydrogen (secondary N) is 1. The second-order valence-corrected chi connectivity index (χ2v) is 6.42. The van der Waals surface area contributed by atoms with Crippen molar-refractivity contribution in [2.45, 2.75) is 13.3 Å². The maximum absolute atomic E-state index is 12.1. The van der Waals surface area contributed by atoms with E-state index in [-0.39, 0.29) is 23.6 Å². The average Bonchev–Trinajstić information content (AvgIpc) is 3.09. The number of aromatic hydroxyl groups is 1. The number of esters is 1. The van der Waals surface area contributed by atoms with E-state index in [1.807, 2.05) is 0 Å². The number of nitro groups is 1. The molecule has 0 saturated carbocycles. The molecule has 1 heterocycles. The molecule has 3 aromatic rings. The van der Waals surface area contributed by atoms with Crippen LogP contribution >= 0.6 is 0 Å². The van der Waals surface area contributed by atoms with Crippen molar-refractivity contribution in [2.24, 2.45) is 0 Å². The summed E-state index contributed by atoms with van der Waals surface area (Å²) in [6, 6.07) is 7.13. The number of benzene rings is 2. The van der Waals surface area contributed by atoms with Crippen LogP contribution in [0.4, 0.5) is 11.4 Å². The number of carbonyl (C=O) groups excluding carboxylic acids is 2. The number of amides is 1. The Morgan fingerprint density at radius 2 is 2.03 bits per heavy atom. The van der Waals surface area contributed by atoms with Crippen LogP contribution in [0.3, 0.4) is 0 Å². The second-order valence-electron chi connectivity index (χ2n) is 6.42. The third-order valence-corrected chi connectivity index (χ3v) is 4.33. The van der Waals surface area contributed by atoms with Crippen LogP contribution in [0.25, 0.3) is 11.0 Å². The van der Waals surface area contributed by atoms with Gasteiger partial charge in [0.15, 0.2) is 12.4 Å². The molecular formula is C20H18N2O8. The molecule has 156 valence electrons. The van der Waals surface area contributed by atoms with Crippen molar-refractivity contribution in [1.82, 2.24) is 0 Å². The number of anilines is 1. The molecule has 1 aromatic heterocycles. The first-order chi connectivity index (χ1) is 14.3. The lowest BCUT2D eigenvalue weighted by molar-refractivity contribution is -0.385. The van der Waals surface area contributed by atoms with E-state index >= 15 is 0 Å². The monoisotopic (exact) mass is 414 g/mol. The van der Waals surface area contributed by atoms with Gasteiger partial charge < -0.3 is 24.3 Å². The zero-order chi connectivity index (χ0) is 21.8. The molecule has 0 radical (unpaired) electrons. The summed E-state index contributed by atoms with van der Waals surface area (Å²) in [5.41, 5.74) is 1.53. The van der Waals surface area contributed by atoms with Crippen molar-refractivity contribution in [2.75, 3.05) is 19.0 Å². The van der Waals surface area contributed by atoms with Crippen molar-refractivity contribution in [3.05, 3.63) is 57.8 Å². The van der Waals surface area contributed by atoms with Crippen LogP contribution in [0.2, 0.25) is 0 Å². The molecule has 2 N–H and O–H groups in total. The number of carbonyl (C=O) groups is 2. The summed E-state index contributed by atoms with van der Waals surface area (Å²) in [4.78, 5) is 34.7. The predicted octanol–water partition coefficient (Wildman–Crippen LogP) is 3.09. The number of ether oxygens (including phenoxy) is 2. The number of nitro benzene ring substituents is 1. The first-order valence-corrected chi connectivity index (χ1v) is 8.76. The Kier molecular flexibility index (Phi) is 5.86. The molecule has 0 spiro atoms. The number of nitrogens with zero attached hydrogens (tertiary/aromatic N) is 1. The summed E-state index contributed by atoms with van der Waals surface area (Å²) in [6.07, 6.45) is 1.27. The zero-order valence-electron chi connectivity index (χ0n) is 16.1. The highest BCUT2D eigenvalue weighted by atomic mass is 16.6. The number of aryl methyl sites for hydroxylation is 1. The van der Waals surface area contributed by atoms with Crippen molar-refractivity contribution in [1.29, 1.82) is 0 Å². The molecule has 3 rings (SSSR count). The van der Waals surface area contributed by atoms with E-state index in [9.17, 15) is 24.8 Å². The predicted molar refractivity (Wildman–Crippen MR) is 106 cm³/mol. The summed E-state index contributed by atoms with van der Waals surface area (Å²) < 4.78 is 15.3. The fourth-order valence-corrected chi connectivity index (χ4v) is 2.86. The molecule has 0 unspecified atom stereocenters. The van der Waals surface area contributed by atoms with Crippen LogP contribution in [0.5, 0.6) is 11.5 Å². The van der Waals surface area contributed by atoms with Crippen LogP contribution in [-0.2, 0) is 20.7 Å². The second kappa shape index (κ2) is 8.52. The topological polar surface area (TPSA) is 141 Å². The molecule has 1 amide bonds. The minimum absolute atomic E-state index is 0.00392. The van der Waals surface area contributed by atoms with Gasteiger partial charge in [-0.3, -0.25) is 19.7 Å². The van der Waals surface area contributed by atoms with Gasteiger partial charge in [-0.25, -0.2) is 0 Å². The van der Waals surface area contributed by atoms with Crippen molar-refractivity contribution >= 4 is 34.2 Å². The summed E-state index contributed by atoms with van der Waals surface area (Å²) in [5.74, 6) is -1.21. The summed E-state index contributed by atoms with van der Waals surface area (Å²) in [6.45, 7) is 1.06. The number of phenolic OH excluding ortho intramolecular Hbond substituents is 1. The van der Waals surface area contributed by atoms with Gasteiger partial charge in [-0.1, -0.05) is 0 Å². The Hall–Kier alpha value is -4.08. The van der Waals surface area contributed by atoms with E-state index < -0.39 is 23.4 Å². The molecule has 0 aliphatic rings. The van der Waals surface area contributed by atoms with E-state index in [0.717, 1.165) is 0 Å². The fraction of sp³-hybridized carbons (Fsp3) is 0.200. The molecule has 10 nitrogen and oxygen atoms in total. The fourth-order valence-electron chi connectivity index (χ4n) is 2.86. The molecule has 0 aliphatic carbocycles. The van der Waals surface area contributed by atoms with E-state index in [4.69, 9.17) is 13.9 Å². The number of phenols is 1. The number of furan rings is 1.